The van der Waals surface area contributed by atoms with Crippen LogP contribution in [0.25, 0.3) is 11.1 Å². The summed E-state index contributed by atoms with van der Waals surface area (Å²) < 4.78 is 31.3. The smallest absolute Gasteiger partial charge is 0.414 e. The Labute approximate surface area is 205 Å². The maximum Gasteiger partial charge on any atom is 0.414 e. The first-order valence-electron chi connectivity index (χ1n) is 12.3. The van der Waals surface area contributed by atoms with Gasteiger partial charge in [-0.25, -0.2) is 13.2 Å². The third-order valence-corrected chi connectivity index (χ3v) is 8.97. The van der Waals surface area contributed by atoms with E-state index in [1.807, 2.05) is 31.3 Å². The van der Waals surface area contributed by atoms with Crippen molar-refractivity contribution in [2.24, 2.45) is 11.8 Å². The molecular formula is C25H32N4O5S. The van der Waals surface area contributed by atoms with E-state index in [1.54, 1.807) is 20.7 Å². The average molecular weight is 501 g/mol. The van der Waals surface area contributed by atoms with Crippen LogP contribution >= 0.6 is 0 Å². The Kier molecular flexibility index (Phi) is 6.33. The fraction of sp³-hybridized carbons (Fsp3) is 0.560. The molecule has 35 heavy (non-hydrogen) atoms. The maximum absolute atomic E-state index is 13.0. The molecule has 1 aromatic carbocycles. The molecule has 0 radical (unpaired) electrons. The molecule has 3 heterocycles. The van der Waals surface area contributed by atoms with E-state index in [1.165, 1.54) is 6.92 Å². The molecule has 1 saturated heterocycles. The molecule has 1 aromatic heterocycles. The van der Waals surface area contributed by atoms with E-state index in [2.05, 4.69) is 5.10 Å². The summed E-state index contributed by atoms with van der Waals surface area (Å²) in [6, 6.07) is 5.52. The Balaban J connectivity index is 1.40. The Hall–Kier alpha value is -2.88. The molecule has 9 nitrogen and oxygen atoms in total. The molecule has 188 valence electrons. The number of fused-ring (bicyclic) bond motifs is 1. The summed E-state index contributed by atoms with van der Waals surface area (Å²) in [5.74, 6) is 0.932. The lowest BCUT2D eigenvalue weighted by atomic mass is 10.0. The van der Waals surface area contributed by atoms with Gasteiger partial charge in [0, 0.05) is 31.8 Å². The van der Waals surface area contributed by atoms with Gasteiger partial charge in [0.25, 0.3) is 0 Å². The molecule has 0 spiro atoms. The summed E-state index contributed by atoms with van der Waals surface area (Å²) in [6.07, 6.45) is 7.04. The summed E-state index contributed by atoms with van der Waals surface area (Å²) >= 11 is 0. The van der Waals surface area contributed by atoms with E-state index < -0.39 is 9.84 Å². The van der Waals surface area contributed by atoms with Crippen LogP contribution in [-0.2, 0) is 25.9 Å². The normalized spacial score (nSPS) is 23.6. The number of hydrogen-bond donors (Lipinski definition) is 0. The molecule has 2 aliphatic heterocycles. The van der Waals surface area contributed by atoms with Crippen LogP contribution in [-0.4, -0.2) is 60.9 Å². The minimum absolute atomic E-state index is 0.0624. The summed E-state index contributed by atoms with van der Waals surface area (Å²) in [7, 11) is -2.97. The van der Waals surface area contributed by atoms with Crippen molar-refractivity contribution in [2.75, 3.05) is 34.5 Å². The fourth-order valence-corrected chi connectivity index (χ4v) is 6.91. The third-order valence-electron chi connectivity index (χ3n) is 7.08. The van der Waals surface area contributed by atoms with E-state index >= 15 is 0 Å². The van der Waals surface area contributed by atoms with Gasteiger partial charge in [0.2, 0.25) is 5.91 Å². The number of amides is 2. The van der Waals surface area contributed by atoms with Crippen LogP contribution < -0.4 is 9.80 Å². The van der Waals surface area contributed by atoms with E-state index in [4.69, 9.17) is 4.74 Å². The van der Waals surface area contributed by atoms with Gasteiger partial charge in [0.1, 0.15) is 0 Å². The number of aromatic nitrogens is 2. The second-order valence-electron chi connectivity index (χ2n) is 10.1. The molecule has 0 N–H and O–H groups in total. The molecule has 2 fully saturated rings. The number of carbonyl (C=O) groups is 2. The van der Waals surface area contributed by atoms with Gasteiger partial charge in [0.05, 0.1) is 41.7 Å². The van der Waals surface area contributed by atoms with Crippen LogP contribution in [0.2, 0.25) is 0 Å². The third kappa shape index (κ3) is 5.22. The second-order valence-corrected chi connectivity index (χ2v) is 12.4. The largest absolute Gasteiger partial charge is 0.449 e. The van der Waals surface area contributed by atoms with Crippen molar-refractivity contribution in [1.82, 2.24) is 9.78 Å². The van der Waals surface area contributed by atoms with E-state index in [9.17, 15) is 18.0 Å². The standard InChI is InChI=1S/C25H32N4O5S/c1-17-12-28(25(31)34-15-19-5-6-19)24-10-21(7-8-23(24)29(17)18(2)30)22-11-26-27(14-22)13-20-4-3-9-35(32,33)16-20/h7-8,10-11,14,17,19-20H,3-6,9,12-13,15-16H2,1-2H3/t17-,20?/m0/s1. The first-order chi connectivity index (χ1) is 16.7. The minimum atomic E-state index is -2.97. The zero-order chi connectivity index (χ0) is 24.7. The van der Waals surface area contributed by atoms with Crippen molar-refractivity contribution in [3.63, 3.8) is 0 Å². The van der Waals surface area contributed by atoms with Gasteiger partial charge in [-0.2, -0.15) is 5.10 Å². The summed E-state index contributed by atoms with van der Waals surface area (Å²) in [5.41, 5.74) is 3.06. The average Bonchev–Trinajstić information content (AvgIpc) is 3.52. The monoisotopic (exact) mass is 500 g/mol. The molecular weight excluding hydrogens is 468 g/mol. The number of carbonyl (C=O) groups excluding carboxylic acids is 2. The van der Waals surface area contributed by atoms with Gasteiger partial charge < -0.3 is 9.64 Å². The Morgan fingerprint density at radius 3 is 2.63 bits per heavy atom. The number of hydrogen-bond acceptors (Lipinski definition) is 6. The van der Waals surface area contributed by atoms with Crippen LogP contribution in [0, 0.1) is 11.8 Å². The molecule has 1 unspecified atom stereocenters. The Morgan fingerprint density at radius 2 is 1.91 bits per heavy atom. The van der Waals surface area contributed by atoms with Gasteiger partial charge in [-0.1, -0.05) is 6.07 Å². The number of rotatable bonds is 5. The van der Waals surface area contributed by atoms with Gasteiger partial charge in [-0.3, -0.25) is 14.4 Å². The number of sulfone groups is 1. The van der Waals surface area contributed by atoms with Crippen LogP contribution in [0.15, 0.2) is 30.6 Å². The van der Waals surface area contributed by atoms with Crippen molar-refractivity contribution in [1.29, 1.82) is 0 Å². The highest BCUT2D eigenvalue weighted by atomic mass is 32.2. The van der Waals surface area contributed by atoms with Crippen LogP contribution in [0.5, 0.6) is 0 Å². The van der Waals surface area contributed by atoms with Gasteiger partial charge in [-0.05, 0) is 62.1 Å². The van der Waals surface area contributed by atoms with Crippen molar-refractivity contribution in [2.45, 2.75) is 52.1 Å². The van der Waals surface area contributed by atoms with Gasteiger partial charge in [-0.15, -0.1) is 0 Å². The molecule has 1 saturated carbocycles. The quantitative estimate of drug-likeness (QED) is 0.623. The second kappa shape index (κ2) is 9.29. The first kappa shape index (κ1) is 23.8. The first-order valence-corrected chi connectivity index (χ1v) is 14.1. The molecule has 1 aliphatic carbocycles. The summed E-state index contributed by atoms with van der Waals surface area (Å²) in [5, 5.41) is 4.46. The SMILES string of the molecule is CC(=O)N1c2ccc(-c3cnn(CC4CCCS(=O)(=O)C4)c3)cc2N(C(=O)OCC2CC2)C[C@@H]1C. The van der Waals surface area contributed by atoms with Crippen molar-refractivity contribution >= 4 is 33.2 Å². The van der Waals surface area contributed by atoms with E-state index in [-0.39, 0.29) is 35.5 Å². The molecule has 10 heteroatoms. The van der Waals surface area contributed by atoms with Crippen LogP contribution in [0.4, 0.5) is 16.2 Å². The molecule has 0 bridgehead atoms. The number of ether oxygens (including phenoxy) is 1. The molecule has 2 aromatic rings. The predicted molar refractivity (Wildman–Crippen MR) is 133 cm³/mol. The zero-order valence-electron chi connectivity index (χ0n) is 20.2. The summed E-state index contributed by atoms with van der Waals surface area (Å²) in [4.78, 5) is 28.7. The zero-order valence-corrected chi connectivity index (χ0v) is 21.0. The van der Waals surface area contributed by atoms with Crippen molar-refractivity contribution in [3.05, 3.63) is 30.6 Å². The lowest BCUT2D eigenvalue weighted by Gasteiger charge is -2.40. The highest BCUT2D eigenvalue weighted by Crippen LogP contribution is 2.39. The van der Waals surface area contributed by atoms with E-state index in [0.29, 0.717) is 43.4 Å². The Morgan fingerprint density at radius 1 is 1.11 bits per heavy atom. The van der Waals surface area contributed by atoms with Crippen molar-refractivity contribution in [3.8, 4) is 11.1 Å². The molecule has 2 atom stereocenters. The Bertz CT molecular complexity index is 1240. The number of anilines is 2. The van der Waals surface area contributed by atoms with Crippen LogP contribution in [0.1, 0.15) is 39.5 Å². The topological polar surface area (TPSA) is 102 Å². The lowest BCUT2D eigenvalue weighted by Crippen LogP contribution is -2.51. The van der Waals surface area contributed by atoms with E-state index in [0.717, 1.165) is 30.4 Å². The summed E-state index contributed by atoms with van der Waals surface area (Å²) in [6.45, 7) is 4.80. The minimum Gasteiger partial charge on any atom is -0.449 e. The predicted octanol–water partition coefficient (Wildman–Crippen LogP) is 3.48. The fourth-order valence-electron chi connectivity index (χ4n) is 5.15. The maximum atomic E-state index is 13.0. The van der Waals surface area contributed by atoms with Gasteiger partial charge >= 0.3 is 6.09 Å². The molecule has 3 aliphatic rings. The number of benzene rings is 1. The van der Waals surface area contributed by atoms with Crippen LogP contribution in [0.3, 0.4) is 0 Å². The lowest BCUT2D eigenvalue weighted by molar-refractivity contribution is -0.117. The number of nitrogens with zero attached hydrogens (tertiary/aromatic N) is 4. The highest BCUT2D eigenvalue weighted by molar-refractivity contribution is 7.91. The van der Waals surface area contributed by atoms with Gasteiger partial charge in [0.15, 0.2) is 9.84 Å². The highest BCUT2D eigenvalue weighted by Gasteiger charge is 2.35. The molecule has 2 amide bonds. The molecule has 5 rings (SSSR count). The van der Waals surface area contributed by atoms with Crippen molar-refractivity contribution < 1.29 is 22.7 Å².